The lowest BCUT2D eigenvalue weighted by Gasteiger charge is -2.38. The number of aromatic nitrogens is 2. The van der Waals surface area contributed by atoms with Crippen LogP contribution in [0.2, 0.25) is 5.02 Å². The molecule has 192 valence electrons. The molecule has 0 saturated heterocycles. The van der Waals surface area contributed by atoms with E-state index in [2.05, 4.69) is 37.5 Å². The summed E-state index contributed by atoms with van der Waals surface area (Å²) in [5.74, 6) is -0.399. The van der Waals surface area contributed by atoms with Gasteiger partial charge in [-0.2, -0.15) is 5.26 Å². The summed E-state index contributed by atoms with van der Waals surface area (Å²) >= 11 is 12.0. The molecule has 1 unspecified atom stereocenters. The van der Waals surface area contributed by atoms with Crippen molar-refractivity contribution in [2.75, 3.05) is 16.0 Å². The summed E-state index contributed by atoms with van der Waals surface area (Å²) in [6, 6.07) is 16.7. The second kappa shape index (κ2) is 11.3. The van der Waals surface area contributed by atoms with Gasteiger partial charge in [0.05, 0.1) is 23.3 Å². The molecule has 1 aliphatic heterocycles. The van der Waals surface area contributed by atoms with Crippen LogP contribution in [-0.4, -0.2) is 27.6 Å². The van der Waals surface area contributed by atoms with Crippen LogP contribution in [0.25, 0.3) is 0 Å². The average molecular weight is 628 g/mol. The topological polar surface area (TPSA) is 125 Å². The lowest BCUT2D eigenvalue weighted by Crippen LogP contribution is -2.38. The van der Waals surface area contributed by atoms with E-state index in [0.29, 0.717) is 45.0 Å². The van der Waals surface area contributed by atoms with Gasteiger partial charge in [-0.15, -0.1) is 10.2 Å². The molecule has 0 bridgehead atoms. The molecule has 3 aromatic rings. The Hall–Kier alpha value is -3.17. The molecule has 0 radical (unpaired) electrons. The number of ketones is 1. The van der Waals surface area contributed by atoms with Crippen LogP contribution >= 0.6 is 50.6 Å². The zero-order valence-electron chi connectivity index (χ0n) is 19.8. The largest absolute Gasteiger partial charge is 0.384 e. The Labute approximate surface area is 240 Å². The molecule has 0 fully saturated rings. The van der Waals surface area contributed by atoms with Crippen LogP contribution < -0.4 is 16.0 Å². The number of nitrogens with two attached hydrogens (primary N) is 1. The third-order valence-electron chi connectivity index (χ3n) is 6.14. The number of carbonyl (C=O) groups excluding carboxylic acids is 2. The highest BCUT2D eigenvalue weighted by Gasteiger charge is 2.41. The van der Waals surface area contributed by atoms with Crippen molar-refractivity contribution in [3.8, 4) is 6.07 Å². The Bertz CT molecular complexity index is 1530. The van der Waals surface area contributed by atoms with Gasteiger partial charge >= 0.3 is 0 Å². The number of nitrogens with zero attached hydrogens (tertiary/aromatic N) is 4. The number of halogens is 2. The van der Waals surface area contributed by atoms with E-state index >= 15 is 0 Å². The van der Waals surface area contributed by atoms with Gasteiger partial charge in [-0.05, 0) is 48.7 Å². The summed E-state index contributed by atoms with van der Waals surface area (Å²) in [6.45, 7) is 0. The fraction of sp³-hybridized carbons (Fsp3) is 0.192. The molecule has 8 nitrogen and oxygen atoms in total. The third kappa shape index (κ3) is 5.35. The van der Waals surface area contributed by atoms with Crippen molar-refractivity contribution < 1.29 is 9.59 Å². The number of carbonyl (C=O) groups is 2. The van der Waals surface area contributed by atoms with Crippen molar-refractivity contribution in [3.63, 3.8) is 0 Å². The quantitative estimate of drug-likeness (QED) is 0.319. The van der Waals surface area contributed by atoms with Crippen molar-refractivity contribution in [2.45, 2.75) is 29.5 Å². The number of anilines is 2. The van der Waals surface area contributed by atoms with E-state index in [4.69, 9.17) is 17.3 Å². The van der Waals surface area contributed by atoms with Gasteiger partial charge in [0.1, 0.15) is 5.82 Å². The van der Waals surface area contributed by atoms with Gasteiger partial charge in [0.25, 0.3) is 0 Å². The predicted octanol–water partition coefficient (Wildman–Crippen LogP) is 5.99. The molecule has 12 heteroatoms. The van der Waals surface area contributed by atoms with Crippen LogP contribution in [0.4, 0.5) is 10.8 Å². The maximum atomic E-state index is 13.2. The highest BCUT2D eigenvalue weighted by molar-refractivity contribution is 9.10. The van der Waals surface area contributed by atoms with E-state index in [0.717, 1.165) is 15.7 Å². The summed E-state index contributed by atoms with van der Waals surface area (Å²) in [5, 5.41) is 22.5. The van der Waals surface area contributed by atoms with Gasteiger partial charge in [0.2, 0.25) is 11.0 Å². The summed E-state index contributed by atoms with van der Waals surface area (Å²) < 4.78 is 1.44. The van der Waals surface area contributed by atoms with Crippen molar-refractivity contribution in [1.82, 2.24) is 10.2 Å². The Balaban J connectivity index is 1.42. The summed E-state index contributed by atoms with van der Waals surface area (Å²) in [7, 11) is 0. The highest BCUT2D eigenvalue weighted by Crippen LogP contribution is 2.47. The predicted molar refractivity (Wildman–Crippen MR) is 153 cm³/mol. The van der Waals surface area contributed by atoms with Gasteiger partial charge < -0.3 is 11.1 Å². The second-order valence-corrected chi connectivity index (χ2v) is 12.1. The van der Waals surface area contributed by atoms with E-state index in [9.17, 15) is 14.9 Å². The summed E-state index contributed by atoms with van der Waals surface area (Å²) in [5.41, 5.74) is 9.62. The Morgan fingerprint density at radius 3 is 2.79 bits per heavy atom. The molecule has 0 saturated carbocycles. The number of thioether (sulfide) groups is 1. The van der Waals surface area contributed by atoms with Crippen LogP contribution in [0.3, 0.4) is 0 Å². The average Bonchev–Trinajstić information content (AvgIpc) is 3.36. The first-order valence-corrected chi connectivity index (χ1v) is 14.6. The first-order chi connectivity index (χ1) is 18.4. The first-order valence-electron chi connectivity index (χ1n) is 11.6. The summed E-state index contributed by atoms with van der Waals surface area (Å²) in [6.07, 6.45) is 1.69. The molecule has 3 N–H and O–H groups in total. The molecule has 38 heavy (non-hydrogen) atoms. The number of Topliss-reactive ketones (excluding diaryl/α,β-unsaturated/α-hetero) is 1. The van der Waals surface area contributed by atoms with Crippen molar-refractivity contribution in [3.05, 3.63) is 86.3 Å². The Morgan fingerprint density at radius 2 is 2.05 bits per heavy atom. The number of amides is 1. The van der Waals surface area contributed by atoms with Crippen LogP contribution in [0.1, 0.15) is 30.7 Å². The molecular weight excluding hydrogens is 608 g/mol. The number of benzene rings is 2. The molecule has 2 heterocycles. The minimum absolute atomic E-state index is 0.0141. The van der Waals surface area contributed by atoms with Crippen molar-refractivity contribution in [2.24, 2.45) is 5.73 Å². The zero-order valence-corrected chi connectivity index (χ0v) is 23.8. The number of allylic oxidation sites excluding steroid dienone is 3. The molecule has 1 atom stereocenters. The van der Waals surface area contributed by atoms with Crippen molar-refractivity contribution in [1.29, 1.82) is 5.26 Å². The molecule has 1 aromatic heterocycles. The van der Waals surface area contributed by atoms with Gasteiger partial charge in [-0.1, -0.05) is 68.8 Å². The monoisotopic (exact) mass is 626 g/mol. The van der Waals surface area contributed by atoms with Crippen LogP contribution in [-0.2, 0) is 9.59 Å². The van der Waals surface area contributed by atoms with Crippen LogP contribution in [0, 0.1) is 11.3 Å². The van der Waals surface area contributed by atoms with Gasteiger partial charge in [0, 0.05) is 32.9 Å². The lowest BCUT2D eigenvalue weighted by molar-refractivity contribution is -0.116. The van der Waals surface area contributed by atoms with Crippen LogP contribution in [0.5, 0.6) is 0 Å². The van der Waals surface area contributed by atoms with E-state index in [1.54, 1.807) is 17.0 Å². The summed E-state index contributed by atoms with van der Waals surface area (Å²) in [4.78, 5) is 27.3. The normalized spacial score (nSPS) is 17.3. The number of hydrogen-bond acceptors (Lipinski definition) is 9. The standard InChI is InChI=1S/C26H20BrClN6O2S2/c27-15-3-1-4-17(11-15)31-21(36)13-37-26-33-32-25(38-26)34-19-5-2-6-20(35)23(19)22(18(12-29)24(34)30)14-7-9-16(28)10-8-14/h1,3-4,7-11,22H,2,5-6,13,30H2,(H,31,36). The fourth-order valence-corrected chi connectivity index (χ4v) is 6.74. The van der Waals surface area contributed by atoms with Crippen molar-refractivity contribution >= 4 is 73.1 Å². The van der Waals surface area contributed by atoms with E-state index in [1.807, 2.05) is 36.4 Å². The van der Waals surface area contributed by atoms with Gasteiger partial charge in [-0.25, -0.2) is 0 Å². The smallest absolute Gasteiger partial charge is 0.234 e. The maximum absolute atomic E-state index is 13.2. The maximum Gasteiger partial charge on any atom is 0.234 e. The number of nitrogens with one attached hydrogen (secondary N) is 1. The Kier molecular flexibility index (Phi) is 7.85. The minimum atomic E-state index is -0.570. The van der Waals surface area contributed by atoms with E-state index < -0.39 is 5.92 Å². The van der Waals surface area contributed by atoms with E-state index in [1.165, 1.54) is 23.1 Å². The molecule has 1 amide bonds. The first kappa shape index (κ1) is 26.4. The fourth-order valence-electron chi connectivity index (χ4n) is 4.54. The number of nitriles is 1. The second-order valence-electron chi connectivity index (χ2n) is 8.57. The zero-order chi connectivity index (χ0) is 26.8. The molecule has 1 aliphatic carbocycles. The number of hydrogen-bond donors (Lipinski definition) is 2. The lowest BCUT2D eigenvalue weighted by atomic mass is 9.76. The van der Waals surface area contributed by atoms with Crippen LogP contribution in [0.15, 0.2) is 80.0 Å². The van der Waals surface area contributed by atoms with Gasteiger partial charge in [0.15, 0.2) is 10.1 Å². The highest BCUT2D eigenvalue weighted by atomic mass is 79.9. The SMILES string of the molecule is N#CC1=C(N)N(c2nnc(SCC(=O)Nc3cccc(Br)c3)s2)C2=C(C(=O)CCC2)C1c1ccc(Cl)cc1. The Morgan fingerprint density at radius 1 is 1.26 bits per heavy atom. The molecule has 2 aromatic carbocycles. The molecule has 0 spiro atoms. The third-order valence-corrected chi connectivity index (χ3v) is 8.93. The molecule has 2 aliphatic rings. The molecular formula is C26H20BrClN6O2S2. The minimum Gasteiger partial charge on any atom is -0.384 e. The van der Waals surface area contributed by atoms with Gasteiger partial charge in [-0.3, -0.25) is 14.5 Å². The molecule has 5 rings (SSSR count). The van der Waals surface area contributed by atoms with E-state index in [-0.39, 0.29) is 28.8 Å². The number of rotatable bonds is 6.